The molecule has 2 N–H and O–H groups in total. The summed E-state index contributed by atoms with van der Waals surface area (Å²) in [6.07, 6.45) is 0.373. The molecule has 0 heterocycles. The number of hydrogen-bond acceptors (Lipinski definition) is 6. The van der Waals surface area contributed by atoms with Crippen LogP contribution < -0.4 is 0 Å². The molecule has 132 valence electrons. The van der Waals surface area contributed by atoms with Crippen molar-refractivity contribution in [2.45, 2.75) is 51.9 Å². The molecule has 0 fully saturated rings. The highest BCUT2D eigenvalue weighted by atomic mass is 31.2. The van der Waals surface area contributed by atoms with Gasteiger partial charge >= 0.3 is 21.2 Å². The fourth-order valence-electron chi connectivity index (χ4n) is 1.82. The van der Waals surface area contributed by atoms with Crippen LogP contribution in [0.25, 0.3) is 0 Å². The van der Waals surface area contributed by atoms with Crippen molar-refractivity contribution in [2.24, 2.45) is 0 Å². The summed E-state index contributed by atoms with van der Waals surface area (Å²) in [6.45, 7) is 5.85. The second-order valence-electron chi connectivity index (χ2n) is 4.60. The zero-order valence-corrected chi connectivity index (χ0v) is 15.3. The Hall–Kier alpha value is -0.230. The van der Waals surface area contributed by atoms with Crippen molar-refractivity contribution in [3.05, 3.63) is 0 Å². The van der Waals surface area contributed by atoms with Crippen LogP contribution in [0.3, 0.4) is 0 Å². The lowest BCUT2D eigenvalue weighted by molar-refractivity contribution is -0.145. The summed E-state index contributed by atoms with van der Waals surface area (Å²) < 4.78 is 39.6. The van der Waals surface area contributed by atoms with Crippen molar-refractivity contribution >= 4 is 21.2 Å². The summed E-state index contributed by atoms with van der Waals surface area (Å²) in [6, 6.07) is 0. The molecule has 0 aliphatic carbocycles. The van der Waals surface area contributed by atoms with E-state index >= 15 is 0 Å². The minimum atomic E-state index is -4.81. The van der Waals surface area contributed by atoms with Gasteiger partial charge in [-0.25, -0.2) is 0 Å². The minimum Gasteiger partial charge on any atom is -0.465 e. The summed E-state index contributed by atoms with van der Waals surface area (Å²) in [5, 5.41) is 0. The van der Waals surface area contributed by atoms with Gasteiger partial charge in [-0.15, -0.1) is 0 Å². The molecule has 0 saturated carbocycles. The van der Waals surface area contributed by atoms with Crippen LogP contribution in [0, 0.1) is 0 Å². The minimum absolute atomic E-state index is 0.109. The Morgan fingerprint density at radius 2 is 1.36 bits per heavy atom. The van der Waals surface area contributed by atoms with Crippen molar-refractivity contribution < 1.29 is 37.5 Å². The Balaban J connectivity index is 5.98. The van der Waals surface area contributed by atoms with Crippen molar-refractivity contribution in [3.63, 3.8) is 0 Å². The van der Waals surface area contributed by atoms with Gasteiger partial charge in [0.2, 0.25) is 0 Å². The Morgan fingerprint density at radius 1 is 0.955 bits per heavy atom. The van der Waals surface area contributed by atoms with Gasteiger partial charge in [0.15, 0.2) is 0 Å². The second-order valence-corrected chi connectivity index (χ2v) is 9.08. The molecule has 0 radical (unpaired) electrons. The third-order valence-electron chi connectivity index (χ3n) is 2.97. The smallest absolute Gasteiger partial charge is 0.357 e. The van der Waals surface area contributed by atoms with Crippen molar-refractivity contribution in [1.29, 1.82) is 0 Å². The fourth-order valence-corrected chi connectivity index (χ4v) is 6.13. The van der Waals surface area contributed by atoms with E-state index in [0.29, 0.717) is 12.8 Å². The quantitative estimate of drug-likeness (QED) is 0.426. The van der Waals surface area contributed by atoms with E-state index < -0.39 is 32.5 Å². The van der Waals surface area contributed by atoms with Crippen LogP contribution in [0.1, 0.15) is 47.0 Å². The number of esters is 1. The van der Waals surface area contributed by atoms with Crippen LogP contribution in [-0.2, 0) is 27.7 Å². The lowest BCUT2D eigenvalue weighted by Gasteiger charge is -2.35. The van der Waals surface area contributed by atoms with Gasteiger partial charge in [0.25, 0.3) is 4.90 Å². The van der Waals surface area contributed by atoms with E-state index in [1.807, 2.05) is 0 Å². The van der Waals surface area contributed by atoms with E-state index in [0.717, 1.165) is 0 Å². The molecule has 0 aliphatic heterocycles. The first kappa shape index (κ1) is 21.8. The lowest BCUT2D eigenvalue weighted by atomic mass is 10.3. The molecule has 22 heavy (non-hydrogen) atoms. The van der Waals surface area contributed by atoms with Crippen molar-refractivity contribution in [1.82, 2.24) is 0 Å². The summed E-state index contributed by atoms with van der Waals surface area (Å²) in [5.74, 6) is -1.26. The number of hydrogen-bond donors (Lipinski definition) is 2. The Kier molecular flexibility index (Phi) is 9.06. The Morgan fingerprint density at radius 3 is 1.64 bits per heavy atom. The average molecular weight is 360 g/mol. The second kappa shape index (κ2) is 9.16. The van der Waals surface area contributed by atoms with Crippen molar-refractivity contribution in [2.75, 3.05) is 19.8 Å². The van der Waals surface area contributed by atoms with Gasteiger partial charge in [-0.3, -0.25) is 13.9 Å². The standard InChI is InChI=1S/C12H26O8P2/c1-5-9-19-21(14,15)12(7-3,11(13)18-8-4)22(16,17)20-10-6-2/h5-10H2,1-4H3,(H,14,15)(H,16,17). The van der Waals surface area contributed by atoms with Crippen LogP contribution in [0.2, 0.25) is 0 Å². The molecule has 10 heteroatoms. The molecule has 0 aromatic heterocycles. The average Bonchev–Trinajstić information content (AvgIpc) is 2.44. The van der Waals surface area contributed by atoms with Gasteiger partial charge in [0, 0.05) is 0 Å². The van der Waals surface area contributed by atoms with E-state index in [-0.39, 0.29) is 19.8 Å². The van der Waals surface area contributed by atoms with E-state index in [9.17, 15) is 23.7 Å². The Bertz CT molecular complexity index is 422. The molecule has 0 amide bonds. The summed E-state index contributed by atoms with van der Waals surface area (Å²) in [4.78, 5) is 30.0. The fraction of sp³-hybridized carbons (Fsp3) is 0.917. The van der Waals surface area contributed by atoms with E-state index in [4.69, 9.17) is 13.8 Å². The maximum absolute atomic E-state index is 12.6. The summed E-state index contributed by atoms with van der Waals surface area (Å²) >= 11 is 0. The zero-order valence-electron chi connectivity index (χ0n) is 13.5. The molecule has 0 aromatic carbocycles. The molecule has 8 nitrogen and oxygen atoms in total. The molecule has 0 aromatic rings. The van der Waals surface area contributed by atoms with Gasteiger partial charge in [0.05, 0.1) is 19.8 Å². The number of carbonyl (C=O) groups is 1. The predicted octanol–water partition coefficient (Wildman–Crippen LogP) is 2.88. The third-order valence-corrected chi connectivity index (χ3v) is 8.42. The SMILES string of the molecule is CCCOP(=O)(O)C(CC)(C(=O)OCC)P(=O)(O)OCCC. The number of ether oxygens (including phenoxy) is 1. The summed E-state index contributed by atoms with van der Waals surface area (Å²) in [5.41, 5.74) is 0. The first-order valence-corrected chi connectivity index (χ1v) is 10.4. The molecule has 2 atom stereocenters. The van der Waals surface area contributed by atoms with Gasteiger partial charge in [-0.05, 0) is 26.2 Å². The Labute approximate surface area is 131 Å². The summed E-state index contributed by atoms with van der Waals surface area (Å²) in [7, 11) is -9.62. The molecule has 0 rings (SSSR count). The maximum atomic E-state index is 12.6. The highest BCUT2D eigenvalue weighted by molar-refractivity contribution is 7.75. The van der Waals surface area contributed by atoms with E-state index in [1.165, 1.54) is 13.8 Å². The third kappa shape index (κ3) is 4.40. The first-order valence-electron chi connectivity index (χ1n) is 7.28. The molecule has 0 spiro atoms. The normalized spacial score (nSPS) is 19.7. The van der Waals surface area contributed by atoms with E-state index in [1.54, 1.807) is 13.8 Å². The van der Waals surface area contributed by atoms with Crippen LogP contribution in [-0.4, -0.2) is 40.5 Å². The number of carbonyl (C=O) groups excluding carboxylic acids is 1. The zero-order chi connectivity index (χ0) is 17.4. The van der Waals surface area contributed by atoms with Gasteiger partial charge in [-0.1, -0.05) is 20.8 Å². The molecule has 2 unspecified atom stereocenters. The van der Waals surface area contributed by atoms with E-state index in [2.05, 4.69) is 0 Å². The van der Waals surface area contributed by atoms with Gasteiger partial charge in [-0.2, -0.15) is 0 Å². The molecular weight excluding hydrogens is 334 g/mol. The number of rotatable bonds is 11. The molecular formula is C12H26O8P2. The first-order chi connectivity index (χ1) is 10.2. The topological polar surface area (TPSA) is 119 Å². The van der Waals surface area contributed by atoms with Gasteiger partial charge in [0.1, 0.15) is 0 Å². The largest absolute Gasteiger partial charge is 0.465 e. The molecule has 0 aliphatic rings. The highest BCUT2D eigenvalue weighted by Gasteiger charge is 2.68. The van der Waals surface area contributed by atoms with Crippen LogP contribution in [0.4, 0.5) is 0 Å². The maximum Gasteiger partial charge on any atom is 0.357 e. The van der Waals surface area contributed by atoms with Crippen LogP contribution in [0.15, 0.2) is 0 Å². The molecule has 0 saturated heterocycles. The van der Waals surface area contributed by atoms with Crippen LogP contribution in [0.5, 0.6) is 0 Å². The predicted molar refractivity (Wildman–Crippen MR) is 81.8 cm³/mol. The van der Waals surface area contributed by atoms with Gasteiger partial charge < -0.3 is 23.6 Å². The van der Waals surface area contributed by atoms with Crippen molar-refractivity contribution in [3.8, 4) is 0 Å². The van der Waals surface area contributed by atoms with Crippen LogP contribution >= 0.6 is 15.2 Å². The molecule has 0 bridgehead atoms. The lowest BCUT2D eigenvalue weighted by Crippen LogP contribution is -2.40. The highest BCUT2D eigenvalue weighted by Crippen LogP contribution is 2.75. The monoisotopic (exact) mass is 360 g/mol.